The summed E-state index contributed by atoms with van der Waals surface area (Å²) in [4.78, 5) is 17.3. The van der Waals surface area contributed by atoms with Gasteiger partial charge >= 0.3 is 0 Å². The summed E-state index contributed by atoms with van der Waals surface area (Å²) in [5.41, 5.74) is 3.50. The summed E-state index contributed by atoms with van der Waals surface area (Å²) in [5.74, 6) is 0.450. The molecule has 2 heterocycles. The number of hydrogen-bond acceptors (Lipinski definition) is 4. The zero-order valence-corrected chi connectivity index (χ0v) is 16.7. The highest BCUT2D eigenvalue weighted by molar-refractivity contribution is 6.30. The second kappa shape index (κ2) is 7.93. The zero-order chi connectivity index (χ0) is 20.4. The van der Waals surface area contributed by atoms with Gasteiger partial charge in [-0.2, -0.15) is 0 Å². The third kappa shape index (κ3) is 4.07. The van der Waals surface area contributed by atoms with Gasteiger partial charge in [-0.05, 0) is 24.6 Å². The number of aryl methyl sites for hydroxylation is 2. The fraction of sp³-hybridized carbons (Fsp3) is 0.136. The van der Waals surface area contributed by atoms with Crippen molar-refractivity contribution in [2.24, 2.45) is 7.05 Å². The van der Waals surface area contributed by atoms with E-state index in [1.54, 1.807) is 24.4 Å². The SMILES string of the molecule is Cc1ccc(-c2cc(C(=O)NC(c3ccc(Cl)cc3)c3nccn3C)on2)cc1. The molecule has 29 heavy (non-hydrogen) atoms. The lowest BCUT2D eigenvalue weighted by atomic mass is 10.1. The monoisotopic (exact) mass is 406 g/mol. The largest absolute Gasteiger partial charge is 0.350 e. The standard InChI is InChI=1S/C22H19ClN4O2/c1-14-3-5-15(6-4-14)18-13-19(29-26-18)22(28)25-20(21-24-11-12-27(21)2)16-7-9-17(23)10-8-16/h3-13,20H,1-2H3,(H,25,28). The van der Waals surface area contributed by atoms with Crippen LogP contribution in [-0.4, -0.2) is 20.6 Å². The predicted octanol–water partition coefficient (Wildman–Crippen LogP) is 4.56. The van der Waals surface area contributed by atoms with E-state index in [1.165, 1.54) is 0 Å². The fourth-order valence-electron chi connectivity index (χ4n) is 3.05. The van der Waals surface area contributed by atoms with Crippen LogP contribution in [0.4, 0.5) is 0 Å². The van der Waals surface area contributed by atoms with Crippen molar-refractivity contribution in [1.82, 2.24) is 20.0 Å². The van der Waals surface area contributed by atoms with Gasteiger partial charge in [-0.1, -0.05) is 58.7 Å². The Labute approximate surface area is 173 Å². The van der Waals surface area contributed by atoms with E-state index in [-0.39, 0.29) is 11.7 Å². The van der Waals surface area contributed by atoms with E-state index < -0.39 is 6.04 Å². The summed E-state index contributed by atoms with van der Waals surface area (Å²) in [5, 5.41) is 7.64. The van der Waals surface area contributed by atoms with E-state index in [4.69, 9.17) is 16.1 Å². The first kappa shape index (κ1) is 19.0. The molecule has 0 spiro atoms. The molecular weight excluding hydrogens is 388 g/mol. The molecule has 2 aromatic carbocycles. The van der Waals surface area contributed by atoms with Gasteiger partial charge in [-0.15, -0.1) is 0 Å². The lowest BCUT2D eigenvalue weighted by molar-refractivity contribution is 0.0904. The van der Waals surface area contributed by atoms with Crippen LogP contribution in [0.1, 0.15) is 33.5 Å². The van der Waals surface area contributed by atoms with Crippen LogP contribution in [-0.2, 0) is 7.05 Å². The van der Waals surface area contributed by atoms with Crippen LogP contribution in [0.3, 0.4) is 0 Å². The van der Waals surface area contributed by atoms with E-state index >= 15 is 0 Å². The van der Waals surface area contributed by atoms with Crippen LogP contribution in [0.2, 0.25) is 5.02 Å². The second-order valence-corrected chi connectivity index (χ2v) is 7.23. The van der Waals surface area contributed by atoms with E-state index in [0.29, 0.717) is 16.5 Å². The molecule has 0 aliphatic heterocycles. The smallest absolute Gasteiger partial charge is 0.290 e. The van der Waals surface area contributed by atoms with Crippen molar-refractivity contribution >= 4 is 17.5 Å². The molecule has 0 aliphatic carbocycles. The summed E-state index contributed by atoms with van der Waals surface area (Å²) in [7, 11) is 1.88. The molecule has 1 unspecified atom stereocenters. The van der Waals surface area contributed by atoms with Gasteiger partial charge in [0, 0.05) is 36.1 Å². The molecule has 146 valence electrons. The van der Waals surface area contributed by atoms with Gasteiger partial charge in [0.05, 0.1) is 0 Å². The maximum atomic E-state index is 12.9. The summed E-state index contributed by atoms with van der Waals surface area (Å²) in [6.07, 6.45) is 3.52. The van der Waals surface area contributed by atoms with Crippen LogP contribution < -0.4 is 5.32 Å². The van der Waals surface area contributed by atoms with Gasteiger partial charge in [-0.3, -0.25) is 4.79 Å². The number of carbonyl (C=O) groups excluding carboxylic acids is 1. The van der Waals surface area contributed by atoms with Crippen molar-refractivity contribution in [1.29, 1.82) is 0 Å². The number of hydrogen-bond donors (Lipinski definition) is 1. The molecular formula is C22H19ClN4O2. The van der Waals surface area contributed by atoms with E-state index in [9.17, 15) is 4.79 Å². The minimum Gasteiger partial charge on any atom is -0.350 e. The zero-order valence-electron chi connectivity index (χ0n) is 16.0. The maximum Gasteiger partial charge on any atom is 0.290 e. The molecule has 1 amide bonds. The lowest BCUT2D eigenvalue weighted by Crippen LogP contribution is -2.30. The molecule has 0 saturated heterocycles. The summed E-state index contributed by atoms with van der Waals surface area (Å²) >= 11 is 6.01. The van der Waals surface area contributed by atoms with Crippen LogP contribution in [0.15, 0.2) is 71.5 Å². The summed E-state index contributed by atoms with van der Waals surface area (Å²) in [6, 6.07) is 16.3. The van der Waals surface area contributed by atoms with Crippen LogP contribution in [0.5, 0.6) is 0 Å². The molecule has 0 fully saturated rings. The molecule has 4 rings (SSSR count). The van der Waals surface area contributed by atoms with Gasteiger partial charge in [0.2, 0.25) is 5.76 Å². The van der Waals surface area contributed by atoms with Gasteiger partial charge < -0.3 is 14.4 Å². The van der Waals surface area contributed by atoms with Crippen LogP contribution >= 0.6 is 11.6 Å². The van der Waals surface area contributed by atoms with Gasteiger partial charge in [0.15, 0.2) is 0 Å². The Morgan fingerprint density at radius 2 is 1.86 bits per heavy atom. The quantitative estimate of drug-likeness (QED) is 0.527. The molecule has 0 bridgehead atoms. The normalized spacial score (nSPS) is 12.0. The Balaban J connectivity index is 1.61. The third-order valence-corrected chi connectivity index (χ3v) is 4.93. The van der Waals surface area contributed by atoms with Gasteiger partial charge in [-0.25, -0.2) is 4.98 Å². The molecule has 2 aromatic heterocycles. The minimum atomic E-state index is -0.465. The van der Waals surface area contributed by atoms with Gasteiger partial charge in [0.25, 0.3) is 5.91 Å². The maximum absolute atomic E-state index is 12.9. The molecule has 1 N–H and O–H groups in total. The van der Waals surface area contributed by atoms with Crippen molar-refractivity contribution in [3.8, 4) is 11.3 Å². The van der Waals surface area contributed by atoms with Crippen molar-refractivity contribution < 1.29 is 9.32 Å². The Kier molecular flexibility index (Phi) is 5.18. The summed E-state index contributed by atoms with van der Waals surface area (Å²) in [6.45, 7) is 2.01. The van der Waals surface area contributed by atoms with E-state index in [1.807, 2.05) is 61.1 Å². The van der Waals surface area contributed by atoms with Crippen molar-refractivity contribution in [2.75, 3.05) is 0 Å². The number of nitrogens with zero attached hydrogens (tertiary/aromatic N) is 3. The molecule has 0 aliphatic rings. The predicted molar refractivity (Wildman–Crippen MR) is 111 cm³/mol. The Morgan fingerprint density at radius 3 is 2.52 bits per heavy atom. The van der Waals surface area contributed by atoms with E-state index in [0.717, 1.165) is 16.7 Å². The Bertz CT molecular complexity index is 1130. The topological polar surface area (TPSA) is 73.0 Å². The molecule has 4 aromatic rings. The third-order valence-electron chi connectivity index (χ3n) is 4.68. The average molecular weight is 407 g/mol. The highest BCUT2D eigenvalue weighted by atomic mass is 35.5. The molecule has 1 atom stereocenters. The minimum absolute atomic E-state index is 0.133. The molecule has 6 nitrogen and oxygen atoms in total. The Morgan fingerprint density at radius 1 is 1.14 bits per heavy atom. The number of halogens is 1. The number of rotatable bonds is 5. The second-order valence-electron chi connectivity index (χ2n) is 6.80. The highest BCUT2D eigenvalue weighted by Gasteiger charge is 2.23. The van der Waals surface area contributed by atoms with Crippen molar-refractivity contribution in [3.05, 3.63) is 94.7 Å². The van der Waals surface area contributed by atoms with Gasteiger partial charge in [0.1, 0.15) is 17.6 Å². The molecule has 0 radical (unpaired) electrons. The number of benzene rings is 2. The first-order valence-corrected chi connectivity index (χ1v) is 9.46. The average Bonchev–Trinajstić information content (AvgIpc) is 3.37. The number of nitrogens with one attached hydrogen (secondary N) is 1. The summed E-state index contributed by atoms with van der Waals surface area (Å²) < 4.78 is 7.16. The number of imidazole rings is 1. The van der Waals surface area contributed by atoms with Crippen LogP contribution in [0, 0.1) is 6.92 Å². The number of amides is 1. The molecule has 0 saturated carbocycles. The fourth-order valence-corrected chi connectivity index (χ4v) is 3.18. The lowest BCUT2D eigenvalue weighted by Gasteiger charge is -2.18. The van der Waals surface area contributed by atoms with Crippen molar-refractivity contribution in [2.45, 2.75) is 13.0 Å². The highest BCUT2D eigenvalue weighted by Crippen LogP contribution is 2.24. The van der Waals surface area contributed by atoms with E-state index in [2.05, 4.69) is 15.5 Å². The Hall–Kier alpha value is -3.38. The van der Waals surface area contributed by atoms with Crippen molar-refractivity contribution in [3.63, 3.8) is 0 Å². The number of carbonyl (C=O) groups is 1. The number of aromatic nitrogens is 3. The molecule has 7 heteroatoms. The van der Waals surface area contributed by atoms with Crippen LogP contribution in [0.25, 0.3) is 11.3 Å². The first-order valence-electron chi connectivity index (χ1n) is 9.08. The first-order chi connectivity index (χ1) is 14.0.